The number of thiazole rings is 1. The lowest BCUT2D eigenvalue weighted by atomic mass is 10.2. The standard InChI is InChI=1S/C14H14N4OS/c1-2-3-10-7-13(18-17-10)16-14(19)9-4-5-11-12(6-9)20-8-15-11/h4-8H,2-3H2,1H3,(H2,16,17,18,19). The molecule has 0 aliphatic heterocycles. The van der Waals surface area contributed by atoms with Gasteiger partial charge < -0.3 is 5.32 Å². The van der Waals surface area contributed by atoms with Crippen LogP contribution >= 0.6 is 11.3 Å². The summed E-state index contributed by atoms with van der Waals surface area (Å²) in [5.41, 5.74) is 4.33. The fourth-order valence-electron chi connectivity index (χ4n) is 2.01. The minimum absolute atomic E-state index is 0.158. The van der Waals surface area contributed by atoms with Crippen LogP contribution in [0.3, 0.4) is 0 Å². The van der Waals surface area contributed by atoms with Crippen LogP contribution < -0.4 is 5.32 Å². The number of carbonyl (C=O) groups is 1. The van der Waals surface area contributed by atoms with E-state index in [1.165, 1.54) is 11.3 Å². The fourth-order valence-corrected chi connectivity index (χ4v) is 2.72. The minimum atomic E-state index is -0.158. The lowest BCUT2D eigenvalue weighted by molar-refractivity contribution is 0.102. The number of hydrogen-bond donors (Lipinski definition) is 2. The molecule has 2 N–H and O–H groups in total. The monoisotopic (exact) mass is 286 g/mol. The highest BCUT2D eigenvalue weighted by molar-refractivity contribution is 7.16. The first-order valence-electron chi connectivity index (χ1n) is 6.45. The van der Waals surface area contributed by atoms with Crippen LogP contribution in [0.2, 0.25) is 0 Å². The Balaban J connectivity index is 1.77. The number of rotatable bonds is 4. The average molecular weight is 286 g/mol. The molecule has 0 saturated heterocycles. The molecule has 0 aliphatic rings. The molecule has 0 atom stereocenters. The summed E-state index contributed by atoms with van der Waals surface area (Å²) in [6, 6.07) is 7.35. The van der Waals surface area contributed by atoms with Crippen LogP contribution in [0.1, 0.15) is 29.4 Å². The third kappa shape index (κ3) is 2.55. The summed E-state index contributed by atoms with van der Waals surface area (Å²) in [5, 5.41) is 9.80. The Bertz CT molecular complexity index is 746. The first-order chi connectivity index (χ1) is 9.76. The zero-order chi connectivity index (χ0) is 13.9. The van der Waals surface area contributed by atoms with E-state index in [2.05, 4.69) is 27.4 Å². The summed E-state index contributed by atoms with van der Waals surface area (Å²) in [7, 11) is 0. The first kappa shape index (κ1) is 12.8. The van der Waals surface area contributed by atoms with Gasteiger partial charge in [0.05, 0.1) is 15.7 Å². The van der Waals surface area contributed by atoms with Crippen molar-refractivity contribution in [2.45, 2.75) is 19.8 Å². The molecule has 3 aromatic rings. The van der Waals surface area contributed by atoms with Crippen LogP contribution in [0.15, 0.2) is 29.8 Å². The van der Waals surface area contributed by atoms with Gasteiger partial charge in [-0.2, -0.15) is 5.10 Å². The zero-order valence-electron chi connectivity index (χ0n) is 11.0. The Hall–Kier alpha value is -2.21. The summed E-state index contributed by atoms with van der Waals surface area (Å²) in [5.74, 6) is 0.401. The minimum Gasteiger partial charge on any atom is -0.305 e. The lowest BCUT2D eigenvalue weighted by Crippen LogP contribution is -2.11. The normalized spacial score (nSPS) is 10.8. The fraction of sp³-hybridized carbons (Fsp3) is 0.214. The summed E-state index contributed by atoms with van der Waals surface area (Å²) in [6.45, 7) is 2.10. The lowest BCUT2D eigenvalue weighted by Gasteiger charge is -2.01. The van der Waals surface area contributed by atoms with Gasteiger partial charge in [-0.25, -0.2) is 4.98 Å². The third-order valence-corrected chi connectivity index (χ3v) is 3.78. The molecule has 5 nitrogen and oxygen atoms in total. The summed E-state index contributed by atoms with van der Waals surface area (Å²) in [6.07, 6.45) is 1.97. The van der Waals surface area contributed by atoms with E-state index in [0.717, 1.165) is 28.8 Å². The van der Waals surface area contributed by atoms with Crippen molar-refractivity contribution in [3.63, 3.8) is 0 Å². The number of aromatic nitrogens is 3. The highest BCUT2D eigenvalue weighted by Crippen LogP contribution is 2.19. The van der Waals surface area contributed by atoms with E-state index in [9.17, 15) is 4.79 Å². The van der Waals surface area contributed by atoms with Crippen LogP contribution in [0, 0.1) is 0 Å². The quantitative estimate of drug-likeness (QED) is 0.773. The zero-order valence-corrected chi connectivity index (χ0v) is 11.8. The van der Waals surface area contributed by atoms with Gasteiger partial charge >= 0.3 is 0 Å². The summed E-state index contributed by atoms with van der Waals surface area (Å²) < 4.78 is 1.01. The number of H-pyrrole nitrogens is 1. The Morgan fingerprint density at radius 2 is 2.30 bits per heavy atom. The average Bonchev–Trinajstić information content (AvgIpc) is 3.07. The molecule has 0 unspecified atom stereocenters. The smallest absolute Gasteiger partial charge is 0.256 e. The van der Waals surface area contributed by atoms with Crippen molar-refractivity contribution in [2.24, 2.45) is 0 Å². The Morgan fingerprint density at radius 1 is 1.40 bits per heavy atom. The highest BCUT2D eigenvalue weighted by Gasteiger charge is 2.10. The first-order valence-corrected chi connectivity index (χ1v) is 7.33. The van der Waals surface area contributed by atoms with Gasteiger partial charge in [-0.05, 0) is 24.6 Å². The van der Waals surface area contributed by atoms with Gasteiger partial charge in [-0.15, -0.1) is 11.3 Å². The second-order valence-electron chi connectivity index (χ2n) is 4.52. The van der Waals surface area contributed by atoms with Crippen LogP contribution in [0.25, 0.3) is 10.2 Å². The number of nitrogens with zero attached hydrogens (tertiary/aromatic N) is 2. The van der Waals surface area contributed by atoms with Crippen LogP contribution in [0.4, 0.5) is 5.82 Å². The molecule has 3 rings (SSSR count). The Kier molecular flexibility index (Phi) is 3.47. The number of benzene rings is 1. The second kappa shape index (κ2) is 5.42. The van der Waals surface area contributed by atoms with Crippen molar-refractivity contribution >= 4 is 33.3 Å². The maximum absolute atomic E-state index is 12.2. The van der Waals surface area contributed by atoms with Crippen LogP contribution in [0.5, 0.6) is 0 Å². The molecule has 2 aromatic heterocycles. The molecule has 1 amide bonds. The predicted molar refractivity (Wildman–Crippen MR) is 80.2 cm³/mol. The number of aryl methyl sites for hydroxylation is 1. The van der Waals surface area contributed by atoms with Gasteiger partial charge in [0, 0.05) is 17.3 Å². The molecule has 0 spiro atoms. The SMILES string of the molecule is CCCc1cc(NC(=O)c2ccc3ncsc3c2)n[nH]1. The molecule has 20 heavy (non-hydrogen) atoms. The van der Waals surface area contributed by atoms with E-state index >= 15 is 0 Å². The van der Waals surface area contributed by atoms with Crippen molar-refractivity contribution in [3.05, 3.63) is 41.0 Å². The third-order valence-electron chi connectivity index (χ3n) is 2.99. The van der Waals surface area contributed by atoms with E-state index in [1.807, 2.05) is 18.2 Å². The van der Waals surface area contributed by atoms with Crippen molar-refractivity contribution in [3.8, 4) is 0 Å². The van der Waals surface area contributed by atoms with E-state index in [0.29, 0.717) is 11.4 Å². The van der Waals surface area contributed by atoms with Crippen molar-refractivity contribution in [1.29, 1.82) is 0 Å². The van der Waals surface area contributed by atoms with E-state index < -0.39 is 0 Å². The molecule has 0 saturated carbocycles. The number of anilines is 1. The van der Waals surface area contributed by atoms with Gasteiger partial charge in [-0.3, -0.25) is 9.89 Å². The largest absolute Gasteiger partial charge is 0.305 e. The number of amides is 1. The van der Waals surface area contributed by atoms with E-state index in [4.69, 9.17) is 0 Å². The van der Waals surface area contributed by atoms with Gasteiger partial charge in [0.25, 0.3) is 5.91 Å². The molecule has 1 aromatic carbocycles. The summed E-state index contributed by atoms with van der Waals surface area (Å²) >= 11 is 1.52. The Morgan fingerprint density at radius 3 is 3.15 bits per heavy atom. The van der Waals surface area contributed by atoms with Crippen molar-refractivity contribution in [2.75, 3.05) is 5.32 Å². The van der Waals surface area contributed by atoms with Gasteiger partial charge in [0.15, 0.2) is 5.82 Å². The molecular formula is C14H14N4OS. The second-order valence-corrected chi connectivity index (χ2v) is 5.40. The maximum atomic E-state index is 12.2. The Labute approximate surface area is 120 Å². The van der Waals surface area contributed by atoms with Crippen LogP contribution in [-0.2, 0) is 6.42 Å². The molecule has 6 heteroatoms. The summed E-state index contributed by atoms with van der Waals surface area (Å²) in [4.78, 5) is 16.4. The van der Waals surface area contributed by atoms with Crippen LogP contribution in [-0.4, -0.2) is 21.1 Å². The van der Waals surface area contributed by atoms with Crippen molar-refractivity contribution in [1.82, 2.24) is 15.2 Å². The molecule has 102 valence electrons. The maximum Gasteiger partial charge on any atom is 0.256 e. The van der Waals surface area contributed by atoms with E-state index in [-0.39, 0.29) is 5.91 Å². The number of hydrogen-bond acceptors (Lipinski definition) is 4. The van der Waals surface area contributed by atoms with Gasteiger partial charge in [0.1, 0.15) is 0 Å². The topological polar surface area (TPSA) is 70.7 Å². The number of nitrogens with one attached hydrogen (secondary N) is 2. The molecule has 0 fully saturated rings. The number of fused-ring (bicyclic) bond motifs is 1. The van der Waals surface area contributed by atoms with Gasteiger partial charge in [0.2, 0.25) is 0 Å². The molecule has 0 aliphatic carbocycles. The van der Waals surface area contributed by atoms with Crippen molar-refractivity contribution < 1.29 is 4.79 Å². The molecule has 0 radical (unpaired) electrons. The van der Waals surface area contributed by atoms with Gasteiger partial charge in [-0.1, -0.05) is 13.3 Å². The predicted octanol–water partition coefficient (Wildman–Crippen LogP) is 3.22. The molecule has 2 heterocycles. The highest BCUT2D eigenvalue weighted by atomic mass is 32.1. The molecular weight excluding hydrogens is 272 g/mol. The number of aromatic amines is 1. The number of carbonyl (C=O) groups excluding carboxylic acids is 1. The van der Waals surface area contributed by atoms with E-state index in [1.54, 1.807) is 11.6 Å². The molecule has 0 bridgehead atoms.